The van der Waals surface area contributed by atoms with Crippen molar-refractivity contribution >= 4 is 15.9 Å². The average Bonchev–Trinajstić information content (AvgIpc) is 2.42. The summed E-state index contributed by atoms with van der Waals surface area (Å²) in [6.45, 7) is 12.3. The van der Waals surface area contributed by atoms with E-state index in [-0.39, 0.29) is 5.54 Å². The highest BCUT2D eigenvalue weighted by Gasteiger charge is 2.14. The van der Waals surface area contributed by atoms with E-state index in [9.17, 15) is 0 Å². The molecule has 1 aromatic carbocycles. The van der Waals surface area contributed by atoms with E-state index < -0.39 is 0 Å². The number of methoxy groups -OCH3 is 1. The number of halogens is 1. The standard InChI is InChI=1S/C17H28BrNO2/c1-7-12(2)11-21-16-14(18)8-13(9-15(16)20-6)10-19-17(3,4)5/h8-9,12,19H,7,10-11H2,1-6H3. The summed E-state index contributed by atoms with van der Waals surface area (Å²) < 4.78 is 12.3. The van der Waals surface area contributed by atoms with Crippen molar-refractivity contribution in [3.63, 3.8) is 0 Å². The molecule has 4 heteroatoms. The van der Waals surface area contributed by atoms with Gasteiger partial charge < -0.3 is 14.8 Å². The predicted molar refractivity (Wildman–Crippen MR) is 92.2 cm³/mol. The van der Waals surface area contributed by atoms with Gasteiger partial charge in [0.05, 0.1) is 18.2 Å². The third kappa shape index (κ3) is 6.27. The molecule has 0 spiro atoms. The van der Waals surface area contributed by atoms with Crippen LogP contribution in [0.1, 0.15) is 46.6 Å². The van der Waals surface area contributed by atoms with Crippen LogP contribution in [0.2, 0.25) is 0 Å². The second kappa shape index (κ2) is 8.04. The van der Waals surface area contributed by atoms with Gasteiger partial charge in [0.1, 0.15) is 0 Å². The quantitative estimate of drug-likeness (QED) is 0.762. The Balaban J connectivity index is 2.86. The lowest BCUT2D eigenvalue weighted by Gasteiger charge is -2.21. The molecule has 0 saturated carbocycles. The summed E-state index contributed by atoms with van der Waals surface area (Å²) >= 11 is 3.60. The highest BCUT2D eigenvalue weighted by molar-refractivity contribution is 9.10. The number of hydrogen-bond donors (Lipinski definition) is 1. The van der Waals surface area contributed by atoms with Gasteiger partial charge in [-0.15, -0.1) is 0 Å². The summed E-state index contributed by atoms with van der Waals surface area (Å²) in [6, 6.07) is 4.13. The van der Waals surface area contributed by atoms with Crippen molar-refractivity contribution in [1.29, 1.82) is 0 Å². The van der Waals surface area contributed by atoms with Crippen LogP contribution in [-0.2, 0) is 6.54 Å². The van der Waals surface area contributed by atoms with Gasteiger partial charge in [0, 0.05) is 12.1 Å². The van der Waals surface area contributed by atoms with E-state index in [0.29, 0.717) is 12.5 Å². The maximum Gasteiger partial charge on any atom is 0.175 e. The van der Waals surface area contributed by atoms with E-state index in [2.05, 4.69) is 61.9 Å². The van der Waals surface area contributed by atoms with Crippen LogP contribution in [0.5, 0.6) is 11.5 Å². The SMILES string of the molecule is CCC(C)COc1c(Br)cc(CNC(C)(C)C)cc1OC. The molecule has 1 unspecified atom stereocenters. The zero-order valence-corrected chi connectivity index (χ0v) is 15.6. The first-order valence-electron chi connectivity index (χ1n) is 7.51. The number of rotatable bonds is 7. The molecule has 1 aromatic rings. The fourth-order valence-corrected chi connectivity index (χ4v) is 2.33. The Kier molecular flexibility index (Phi) is 7.01. The van der Waals surface area contributed by atoms with Crippen LogP contribution >= 0.6 is 15.9 Å². The predicted octanol–water partition coefficient (Wildman–Crippen LogP) is 4.77. The summed E-state index contributed by atoms with van der Waals surface area (Å²) in [5.74, 6) is 2.10. The lowest BCUT2D eigenvalue weighted by Crippen LogP contribution is -2.35. The van der Waals surface area contributed by atoms with E-state index in [0.717, 1.165) is 28.9 Å². The van der Waals surface area contributed by atoms with Gasteiger partial charge in [-0.1, -0.05) is 20.3 Å². The topological polar surface area (TPSA) is 30.5 Å². The Bertz CT molecular complexity index is 455. The van der Waals surface area contributed by atoms with E-state index >= 15 is 0 Å². The van der Waals surface area contributed by atoms with Crippen LogP contribution in [0, 0.1) is 5.92 Å². The molecule has 0 amide bonds. The molecule has 0 bridgehead atoms. The fourth-order valence-electron chi connectivity index (χ4n) is 1.73. The normalized spacial score (nSPS) is 13.1. The van der Waals surface area contributed by atoms with Gasteiger partial charge >= 0.3 is 0 Å². The van der Waals surface area contributed by atoms with Gasteiger partial charge in [-0.2, -0.15) is 0 Å². The summed E-state index contributed by atoms with van der Waals surface area (Å²) in [7, 11) is 1.68. The molecule has 1 N–H and O–H groups in total. The molecule has 1 rings (SSSR count). The first kappa shape index (κ1) is 18.3. The van der Waals surface area contributed by atoms with E-state index in [1.54, 1.807) is 7.11 Å². The van der Waals surface area contributed by atoms with Crippen LogP contribution in [0.3, 0.4) is 0 Å². The van der Waals surface area contributed by atoms with Crippen LogP contribution < -0.4 is 14.8 Å². The second-order valence-corrected chi connectivity index (χ2v) is 7.39. The van der Waals surface area contributed by atoms with Gasteiger partial charge in [-0.05, 0) is 60.3 Å². The molecule has 0 fully saturated rings. The summed E-state index contributed by atoms with van der Waals surface area (Å²) in [6.07, 6.45) is 1.10. The lowest BCUT2D eigenvalue weighted by molar-refractivity contribution is 0.243. The summed E-state index contributed by atoms with van der Waals surface area (Å²) in [5, 5.41) is 3.48. The van der Waals surface area contributed by atoms with Crippen LogP contribution in [0.15, 0.2) is 16.6 Å². The number of benzene rings is 1. The molecular formula is C17H28BrNO2. The molecule has 0 aromatic heterocycles. The molecule has 0 aliphatic carbocycles. The largest absolute Gasteiger partial charge is 0.493 e. The monoisotopic (exact) mass is 357 g/mol. The maximum atomic E-state index is 5.92. The van der Waals surface area contributed by atoms with Crippen LogP contribution in [0.25, 0.3) is 0 Å². The summed E-state index contributed by atoms with van der Waals surface area (Å²) in [4.78, 5) is 0. The van der Waals surface area contributed by atoms with Crippen molar-refractivity contribution in [3.8, 4) is 11.5 Å². The van der Waals surface area contributed by atoms with Crippen molar-refractivity contribution in [2.24, 2.45) is 5.92 Å². The zero-order valence-electron chi connectivity index (χ0n) is 14.0. The zero-order chi connectivity index (χ0) is 16.0. The summed E-state index contributed by atoms with van der Waals surface area (Å²) in [5.41, 5.74) is 1.26. The molecule has 1 atom stereocenters. The van der Waals surface area contributed by atoms with Crippen LogP contribution in [0.4, 0.5) is 0 Å². The fraction of sp³-hybridized carbons (Fsp3) is 0.647. The minimum Gasteiger partial charge on any atom is -0.493 e. The van der Waals surface area contributed by atoms with Crippen molar-refractivity contribution in [3.05, 3.63) is 22.2 Å². The Labute approximate surface area is 137 Å². The van der Waals surface area contributed by atoms with E-state index in [4.69, 9.17) is 9.47 Å². The van der Waals surface area contributed by atoms with Gasteiger partial charge in [-0.25, -0.2) is 0 Å². The minimum absolute atomic E-state index is 0.0887. The minimum atomic E-state index is 0.0887. The molecule has 120 valence electrons. The van der Waals surface area contributed by atoms with Crippen molar-refractivity contribution < 1.29 is 9.47 Å². The number of hydrogen-bond acceptors (Lipinski definition) is 3. The van der Waals surface area contributed by atoms with Crippen molar-refractivity contribution in [1.82, 2.24) is 5.32 Å². The Morgan fingerprint density at radius 1 is 1.29 bits per heavy atom. The van der Waals surface area contributed by atoms with E-state index in [1.807, 2.05) is 6.07 Å². The van der Waals surface area contributed by atoms with Crippen molar-refractivity contribution in [2.75, 3.05) is 13.7 Å². The smallest absolute Gasteiger partial charge is 0.175 e. The molecule has 0 saturated heterocycles. The van der Waals surface area contributed by atoms with Gasteiger partial charge in [-0.3, -0.25) is 0 Å². The Morgan fingerprint density at radius 3 is 2.48 bits per heavy atom. The highest BCUT2D eigenvalue weighted by Crippen LogP contribution is 2.37. The molecule has 3 nitrogen and oxygen atoms in total. The molecule has 0 heterocycles. The molecule has 0 radical (unpaired) electrons. The Hall–Kier alpha value is -0.740. The highest BCUT2D eigenvalue weighted by atomic mass is 79.9. The van der Waals surface area contributed by atoms with Gasteiger partial charge in [0.15, 0.2) is 11.5 Å². The average molecular weight is 358 g/mol. The van der Waals surface area contributed by atoms with E-state index in [1.165, 1.54) is 5.56 Å². The number of nitrogens with one attached hydrogen (secondary N) is 1. The first-order valence-corrected chi connectivity index (χ1v) is 8.30. The molecule has 0 aliphatic rings. The lowest BCUT2D eigenvalue weighted by atomic mass is 10.1. The molecule has 21 heavy (non-hydrogen) atoms. The maximum absolute atomic E-state index is 5.92. The van der Waals surface area contributed by atoms with Gasteiger partial charge in [0.2, 0.25) is 0 Å². The third-order valence-corrected chi connectivity index (χ3v) is 3.91. The second-order valence-electron chi connectivity index (χ2n) is 6.54. The van der Waals surface area contributed by atoms with Crippen LogP contribution in [-0.4, -0.2) is 19.3 Å². The number of ether oxygens (including phenoxy) is 2. The molecule has 0 aliphatic heterocycles. The van der Waals surface area contributed by atoms with Gasteiger partial charge in [0.25, 0.3) is 0 Å². The van der Waals surface area contributed by atoms with Crippen molar-refractivity contribution in [2.45, 2.75) is 53.1 Å². The first-order chi connectivity index (χ1) is 9.76. The third-order valence-electron chi connectivity index (χ3n) is 3.32. The molecular weight excluding hydrogens is 330 g/mol. The Morgan fingerprint density at radius 2 is 1.95 bits per heavy atom.